The Bertz CT molecular complexity index is 309. The second kappa shape index (κ2) is 7.96. The third-order valence-electron chi connectivity index (χ3n) is 4.48. The lowest BCUT2D eigenvalue weighted by Gasteiger charge is -2.33. The Hall–Kier alpha value is -0.650. The summed E-state index contributed by atoms with van der Waals surface area (Å²) in [6.07, 6.45) is 3.78. The fraction of sp³-hybridized carbons (Fsp3) is 0.933. The molecule has 1 aliphatic carbocycles. The van der Waals surface area contributed by atoms with Crippen molar-refractivity contribution in [3.63, 3.8) is 0 Å². The highest BCUT2D eigenvalue weighted by Gasteiger charge is 2.48. The molecule has 118 valence electrons. The van der Waals surface area contributed by atoms with Gasteiger partial charge in [-0.05, 0) is 59.4 Å². The van der Waals surface area contributed by atoms with Gasteiger partial charge >= 0.3 is 5.97 Å². The molecular formula is C15H31N3O2. The van der Waals surface area contributed by atoms with Crippen molar-refractivity contribution >= 4 is 5.97 Å². The predicted molar refractivity (Wildman–Crippen MR) is 82.1 cm³/mol. The maximum atomic E-state index is 11.7. The molecule has 0 aromatic carbocycles. The third kappa shape index (κ3) is 4.43. The summed E-state index contributed by atoms with van der Waals surface area (Å²) in [5.74, 6) is -0.417. The van der Waals surface area contributed by atoms with Gasteiger partial charge in [0.25, 0.3) is 0 Å². The molecule has 0 spiro atoms. The monoisotopic (exact) mass is 285 g/mol. The molecule has 2 unspecified atom stereocenters. The number of hydrogen-bond acceptors (Lipinski definition) is 4. The van der Waals surface area contributed by atoms with E-state index >= 15 is 0 Å². The molecule has 0 amide bonds. The third-order valence-corrected chi connectivity index (χ3v) is 4.48. The Labute approximate surface area is 123 Å². The smallest absolute Gasteiger partial charge is 0.324 e. The number of hydrogen-bond donors (Lipinski definition) is 2. The molecule has 2 atom stereocenters. The fourth-order valence-corrected chi connectivity index (χ4v) is 3.23. The Kier molecular flexibility index (Phi) is 6.92. The summed E-state index contributed by atoms with van der Waals surface area (Å²) in [7, 11) is 6.27. The van der Waals surface area contributed by atoms with Crippen LogP contribution in [-0.4, -0.2) is 73.7 Å². The summed E-state index contributed by atoms with van der Waals surface area (Å²) < 4.78 is 0. The number of carboxylic acid groups (broad SMARTS) is 1. The molecular weight excluding hydrogens is 254 g/mol. The molecule has 0 aliphatic heterocycles. The molecule has 1 rings (SSSR count). The number of carbonyl (C=O) groups is 1. The molecule has 0 saturated heterocycles. The number of nitrogens with one attached hydrogen (secondary N) is 1. The maximum Gasteiger partial charge on any atom is 0.324 e. The first-order chi connectivity index (χ1) is 9.42. The van der Waals surface area contributed by atoms with Gasteiger partial charge in [0.1, 0.15) is 5.54 Å². The van der Waals surface area contributed by atoms with E-state index in [-0.39, 0.29) is 5.92 Å². The van der Waals surface area contributed by atoms with E-state index in [4.69, 9.17) is 0 Å². The molecule has 0 heterocycles. The molecule has 5 nitrogen and oxygen atoms in total. The SMILES string of the molecule is CCNC1(C(=O)O)CCCC1CCN(C)CCN(C)C. The molecule has 1 fully saturated rings. The van der Waals surface area contributed by atoms with Crippen molar-refractivity contribution in [3.8, 4) is 0 Å². The summed E-state index contributed by atoms with van der Waals surface area (Å²) in [5.41, 5.74) is -0.683. The highest BCUT2D eigenvalue weighted by molar-refractivity contribution is 5.79. The van der Waals surface area contributed by atoms with E-state index < -0.39 is 11.5 Å². The number of aliphatic carboxylic acids is 1. The van der Waals surface area contributed by atoms with Gasteiger partial charge in [-0.1, -0.05) is 13.3 Å². The van der Waals surface area contributed by atoms with Crippen molar-refractivity contribution in [3.05, 3.63) is 0 Å². The lowest BCUT2D eigenvalue weighted by molar-refractivity contribution is -0.146. The van der Waals surface area contributed by atoms with E-state index in [1.165, 1.54) is 0 Å². The van der Waals surface area contributed by atoms with Crippen LogP contribution in [0.4, 0.5) is 0 Å². The van der Waals surface area contributed by atoms with Gasteiger partial charge in [-0.25, -0.2) is 0 Å². The van der Waals surface area contributed by atoms with Crippen LogP contribution in [0.2, 0.25) is 0 Å². The molecule has 1 saturated carbocycles. The Morgan fingerprint density at radius 3 is 2.55 bits per heavy atom. The molecule has 0 radical (unpaired) electrons. The largest absolute Gasteiger partial charge is 0.480 e. The predicted octanol–water partition coefficient (Wildman–Crippen LogP) is 1.10. The first-order valence-electron chi connectivity index (χ1n) is 7.74. The topological polar surface area (TPSA) is 55.8 Å². The molecule has 5 heteroatoms. The quantitative estimate of drug-likeness (QED) is 0.664. The maximum absolute atomic E-state index is 11.7. The fourth-order valence-electron chi connectivity index (χ4n) is 3.23. The first-order valence-corrected chi connectivity index (χ1v) is 7.74. The first kappa shape index (κ1) is 17.4. The van der Waals surface area contributed by atoms with Crippen LogP contribution in [-0.2, 0) is 4.79 Å². The van der Waals surface area contributed by atoms with Gasteiger partial charge in [0, 0.05) is 13.1 Å². The summed E-state index contributed by atoms with van der Waals surface area (Å²) in [6.45, 7) is 5.75. The van der Waals surface area contributed by atoms with Crippen molar-refractivity contribution in [1.29, 1.82) is 0 Å². The van der Waals surface area contributed by atoms with E-state index in [0.717, 1.165) is 51.9 Å². The van der Waals surface area contributed by atoms with Gasteiger partial charge in [-0.3, -0.25) is 4.79 Å². The summed E-state index contributed by atoms with van der Waals surface area (Å²) in [5, 5.41) is 12.9. The van der Waals surface area contributed by atoms with Gasteiger partial charge < -0.3 is 20.2 Å². The lowest BCUT2D eigenvalue weighted by Crippen LogP contribution is -2.55. The number of likely N-dealkylation sites (N-methyl/N-ethyl adjacent to an activating group) is 3. The van der Waals surface area contributed by atoms with Crippen LogP contribution in [0.3, 0.4) is 0 Å². The van der Waals surface area contributed by atoms with Crippen LogP contribution in [0.15, 0.2) is 0 Å². The minimum atomic E-state index is -0.683. The van der Waals surface area contributed by atoms with Crippen LogP contribution in [0.5, 0.6) is 0 Å². The Morgan fingerprint density at radius 1 is 1.30 bits per heavy atom. The van der Waals surface area contributed by atoms with Crippen LogP contribution in [0.1, 0.15) is 32.6 Å². The second-order valence-corrected chi connectivity index (χ2v) is 6.29. The van der Waals surface area contributed by atoms with Gasteiger partial charge in [0.2, 0.25) is 0 Å². The van der Waals surface area contributed by atoms with Crippen molar-refractivity contribution < 1.29 is 9.90 Å². The zero-order chi connectivity index (χ0) is 15.2. The molecule has 0 bridgehead atoms. The molecule has 2 N–H and O–H groups in total. The van der Waals surface area contributed by atoms with Crippen LogP contribution < -0.4 is 5.32 Å². The van der Waals surface area contributed by atoms with Gasteiger partial charge in [0.05, 0.1) is 0 Å². The summed E-state index contributed by atoms with van der Waals surface area (Å²) in [6, 6.07) is 0. The zero-order valence-electron chi connectivity index (χ0n) is 13.5. The minimum absolute atomic E-state index is 0.252. The minimum Gasteiger partial charge on any atom is -0.480 e. The number of nitrogens with zero attached hydrogens (tertiary/aromatic N) is 2. The highest BCUT2D eigenvalue weighted by atomic mass is 16.4. The van der Waals surface area contributed by atoms with Crippen molar-refractivity contribution in [2.75, 3.05) is 47.3 Å². The van der Waals surface area contributed by atoms with E-state index in [1.807, 2.05) is 6.92 Å². The molecule has 0 aromatic rings. The molecule has 0 aromatic heterocycles. The average molecular weight is 285 g/mol. The standard InChI is InChI=1S/C15H31N3O2/c1-5-16-15(14(19)20)9-6-7-13(15)8-10-18(4)12-11-17(2)3/h13,16H,5-12H2,1-4H3,(H,19,20). The number of carboxylic acids is 1. The lowest BCUT2D eigenvalue weighted by atomic mass is 9.84. The number of rotatable bonds is 9. The van der Waals surface area contributed by atoms with E-state index in [9.17, 15) is 9.90 Å². The Morgan fingerprint density at radius 2 is 2.00 bits per heavy atom. The van der Waals surface area contributed by atoms with Crippen LogP contribution in [0.25, 0.3) is 0 Å². The Balaban J connectivity index is 2.50. The highest BCUT2D eigenvalue weighted by Crippen LogP contribution is 2.38. The summed E-state index contributed by atoms with van der Waals surface area (Å²) in [4.78, 5) is 16.2. The van der Waals surface area contributed by atoms with Gasteiger partial charge in [0.15, 0.2) is 0 Å². The van der Waals surface area contributed by atoms with Gasteiger partial charge in [-0.2, -0.15) is 0 Å². The zero-order valence-corrected chi connectivity index (χ0v) is 13.5. The van der Waals surface area contributed by atoms with E-state index in [2.05, 4.69) is 36.3 Å². The normalized spacial score (nSPS) is 26.6. The molecule has 1 aliphatic rings. The van der Waals surface area contributed by atoms with Crippen molar-refractivity contribution in [2.24, 2.45) is 5.92 Å². The van der Waals surface area contributed by atoms with Gasteiger partial charge in [-0.15, -0.1) is 0 Å². The summed E-state index contributed by atoms with van der Waals surface area (Å²) >= 11 is 0. The molecule has 20 heavy (non-hydrogen) atoms. The van der Waals surface area contributed by atoms with Crippen LogP contribution >= 0.6 is 0 Å². The van der Waals surface area contributed by atoms with Crippen LogP contribution in [0, 0.1) is 5.92 Å². The second-order valence-electron chi connectivity index (χ2n) is 6.29. The van der Waals surface area contributed by atoms with Crippen molar-refractivity contribution in [2.45, 2.75) is 38.1 Å². The van der Waals surface area contributed by atoms with E-state index in [1.54, 1.807) is 0 Å². The average Bonchev–Trinajstić information content (AvgIpc) is 2.78. The van der Waals surface area contributed by atoms with Crippen molar-refractivity contribution in [1.82, 2.24) is 15.1 Å². The van der Waals surface area contributed by atoms with E-state index in [0.29, 0.717) is 0 Å².